The maximum Gasteiger partial charge on any atom is 0.105 e. The van der Waals surface area contributed by atoms with Gasteiger partial charge in [-0.2, -0.15) is 0 Å². The summed E-state index contributed by atoms with van der Waals surface area (Å²) in [7, 11) is 0. The predicted octanol–water partition coefficient (Wildman–Crippen LogP) is 3.07. The molecule has 3 heteroatoms. The predicted molar refractivity (Wildman–Crippen MR) is 62.3 cm³/mol. The summed E-state index contributed by atoms with van der Waals surface area (Å²) in [5, 5.41) is 3.43. The molecule has 2 rings (SSSR count). The first-order valence-electron chi connectivity index (χ1n) is 5.60. The van der Waals surface area contributed by atoms with Crippen molar-refractivity contribution in [3.8, 4) is 0 Å². The molecule has 16 heavy (non-hydrogen) atoms. The molecule has 0 aromatic carbocycles. The number of aryl methyl sites for hydroxylation is 1. The minimum Gasteiger partial charge on any atom is -0.469 e. The molecule has 1 unspecified atom stereocenters. The SMILES string of the molecule is CCNC(Cc1ccco1)c1coc(C)c1. The molecule has 0 bridgehead atoms. The van der Waals surface area contributed by atoms with Crippen LogP contribution in [0.15, 0.2) is 39.6 Å². The average molecular weight is 219 g/mol. The van der Waals surface area contributed by atoms with Crippen molar-refractivity contribution >= 4 is 0 Å². The number of nitrogens with one attached hydrogen (secondary N) is 1. The Hall–Kier alpha value is -1.48. The molecule has 1 N–H and O–H groups in total. The Balaban J connectivity index is 2.11. The lowest BCUT2D eigenvalue weighted by Gasteiger charge is -2.14. The van der Waals surface area contributed by atoms with Crippen LogP contribution in [0, 0.1) is 6.92 Å². The molecular weight excluding hydrogens is 202 g/mol. The molecule has 0 radical (unpaired) electrons. The van der Waals surface area contributed by atoms with Gasteiger partial charge in [-0.15, -0.1) is 0 Å². The molecule has 2 aromatic heterocycles. The summed E-state index contributed by atoms with van der Waals surface area (Å²) < 4.78 is 10.7. The molecule has 0 aliphatic rings. The van der Waals surface area contributed by atoms with Gasteiger partial charge in [-0.1, -0.05) is 6.92 Å². The van der Waals surface area contributed by atoms with Crippen molar-refractivity contribution in [2.24, 2.45) is 0 Å². The standard InChI is InChI=1S/C13H17NO2/c1-3-14-13(8-12-5-4-6-15-12)11-7-10(2)16-9-11/h4-7,9,13-14H,3,8H2,1-2H3. The van der Waals surface area contributed by atoms with Crippen molar-refractivity contribution in [3.63, 3.8) is 0 Å². The van der Waals surface area contributed by atoms with Crippen LogP contribution < -0.4 is 5.32 Å². The molecule has 0 saturated carbocycles. The molecule has 2 heterocycles. The van der Waals surface area contributed by atoms with Crippen LogP contribution in [0.25, 0.3) is 0 Å². The van der Waals surface area contributed by atoms with Gasteiger partial charge in [0.25, 0.3) is 0 Å². The maximum atomic E-state index is 5.37. The normalized spacial score (nSPS) is 12.9. The number of hydrogen-bond acceptors (Lipinski definition) is 3. The van der Waals surface area contributed by atoms with Gasteiger partial charge in [-0.05, 0) is 31.7 Å². The molecular formula is C13H17NO2. The molecule has 3 nitrogen and oxygen atoms in total. The van der Waals surface area contributed by atoms with Gasteiger partial charge in [-0.3, -0.25) is 0 Å². The van der Waals surface area contributed by atoms with Crippen molar-refractivity contribution in [1.82, 2.24) is 5.32 Å². The first kappa shape index (κ1) is 11.0. The Labute approximate surface area is 95.5 Å². The quantitative estimate of drug-likeness (QED) is 0.839. The van der Waals surface area contributed by atoms with E-state index < -0.39 is 0 Å². The first-order valence-corrected chi connectivity index (χ1v) is 5.60. The maximum absolute atomic E-state index is 5.37. The summed E-state index contributed by atoms with van der Waals surface area (Å²) >= 11 is 0. The van der Waals surface area contributed by atoms with Gasteiger partial charge < -0.3 is 14.2 Å². The second-order valence-corrected chi connectivity index (χ2v) is 3.88. The van der Waals surface area contributed by atoms with E-state index in [1.807, 2.05) is 25.3 Å². The Bertz CT molecular complexity index is 417. The lowest BCUT2D eigenvalue weighted by Crippen LogP contribution is -2.22. The third kappa shape index (κ3) is 2.55. The van der Waals surface area contributed by atoms with Gasteiger partial charge in [0.2, 0.25) is 0 Å². The van der Waals surface area contributed by atoms with E-state index in [2.05, 4.69) is 18.3 Å². The minimum absolute atomic E-state index is 0.258. The molecule has 86 valence electrons. The fraction of sp³-hybridized carbons (Fsp3) is 0.385. The lowest BCUT2D eigenvalue weighted by atomic mass is 10.1. The van der Waals surface area contributed by atoms with E-state index in [9.17, 15) is 0 Å². The van der Waals surface area contributed by atoms with Crippen molar-refractivity contribution in [1.29, 1.82) is 0 Å². The van der Waals surface area contributed by atoms with Crippen LogP contribution in [0.2, 0.25) is 0 Å². The van der Waals surface area contributed by atoms with Gasteiger partial charge in [-0.25, -0.2) is 0 Å². The van der Waals surface area contributed by atoms with Crippen LogP contribution in [-0.4, -0.2) is 6.54 Å². The number of rotatable bonds is 5. The lowest BCUT2D eigenvalue weighted by molar-refractivity contribution is 0.451. The number of likely N-dealkylation sites (N-methyl/N-ethyl adjacent to an activating group) is 1. The molecule has 0 saturated heterocycles. The highest BCUT2D eigenvalue weighted by Crippen LogP contribution is 2.20. The van der Waals surface area contributed by atoms with E-state index in [1.165, 1.54) is 5.56 Å². The molecule has 0 aliphatic carbocycles. The zero-order valence-electron chi connectivity index (χ0n) is 9.69. The summed E-state index contributed by atoms with van der Waals surface area (Å²) in [6.07, 6.45) is 4.37. The monoisotopic (exact) mass is 219 g/mol. The van der Waals surface area contributed by atoms with Crippen LogP contribution in [-0.2, 0) is 6.42 Å². The van der Waals surface area contributed by atoms with E-state index in [-0.39, 0.29) is 6.04 Å². The second-order valence-electron chi connectivity index (χ2n) is 3.88. The third-order valence-corrected chi connectivity index (χ3v) is 2.59. The van der Waals surface area contributed by atoms with E-state index >= 15 is 0 Å². The highest BCUT2D eigenvalue weighted by atomic mass is 16.3. The fourth-order valence-corrected chi connectivity index (χ4v) is 1.83. The van der Waals surface area contributed by atoms with Gasteiger partial charge in [0.1, 0.15) is 11.5 Å². The summed E-state index contributed by atoms with van der Waals surface area (Å²) in [6.45, 7) is 4.98. The number of furan rings is 2. The van der Waals surface area contributed by atoms with Crippen molar-refractivity contribution in [2.75, 3.05) is 6.54 Å². The summed E-state index contributed by atoms with van der Waals surface area (Å²) in [4.78, 5) is 0. The van der Waals surface area contributed by atoms with Gasteiger partial charge >= 0.3 is 0 Å². The van der Waals surface area contributed by atoms with Crippen LogP contribution in [0.4, 0.5) is 0 Å². The number of hydrogen-bond donors (Lipinski definition) is 1. The van der Waals surface area contributed by atoms with Crippen molar-refractivity contribution in [3.05, 3.63) is 47.8 Å². The van der Waals surface area contributed by atoms with Gasteiger partial charge in [0, 0.05) is 18.0 Å². The Morgan fingerprint density at radius 3 is 2.81 bits per heavy atom. The molecule has 0 spiro atoms. The smallest absolute Gasteiger partial charge is 0.105 e. The van der Waals surface area contributed by atoms with E-state index in [1.54, 1.807) is 6.26 Å². The summed E-state index contributed by atoms with van der Waals surface area (Å²) in [6, 6.07) is 6.24. The highest BCUT2D eigenvalue weighted by molar-refractivity contribution is 5.18. The summed E-state index contributed by atoms with van der Waals surface area (Å²) in [5.74, 6) is 1.93. The molecule has 2 aromatic rings. The van der Waals surface area contributed by atoms with Gasteiger partial charge in [0.05, 0.1) is 12.5 Å². The Kier molecular flexibility index (Phi) is 3.47. The van der Waals surface area contributed by atoms with E-state index in [0.29, 0.717) is 0 Å². The van der Waals surface area contributed by atoms with Crippen molar-refractivity contribution in [2.45, 2.75) is 26.3 Å². The van der Waals surface area contributed by atoms with Gasteiger partial charge in [0.15, 0.2) is 0 Å². The minimum atomic E-state index is 0.258. The van der Waals surface area contributed by atoms with Crippen LogP contribution in [0.1, 0.15) is 30.0 Å². The van der Waals surface area contributed by atoms with Crippen LogP contribution >= 0.6 is 0 Å². The topological polar surface area (TPSA) is 38.3 Å². The first-order chi connectivity index (χ1) is 7.79. The zero-order chi connectivity index (χ0) is 11.4. The Morgan fingerprint density at radius 2 is 2.25 bits per heavy atom. The Morgan fingerprint density at radius 1 is 1.38 bits per heavy atom. The highest BCUT2D eigenvalue weighted by Gasteiger charge is 2.14. The molecule has 0 amide bonds. The summed E-state index contributed by atoms with van der Waals surface area (Å²) in [5.41, 5.74) is 1.18. The largest absolute Gasteiger partial charge is 0.469 e. The molecule has 0 fully saturated rings. The second kappa shape index (κ2) is 5.03. The fourth-order valence-electron chi connectivity index (χ4n) is 1.83. The molecule has 1 atom stereocenters. The van der Waals surface area contributed by atoms with E-state index in [0.717, 1.165) is 24.5 Å². The van der Waals surface area contributed by atoms with Crippen LogP contribution in [0.5, 0.6) is 0 Å². The zero-order valence-corrected chi connectivity index (χ0v) is 9.69. The average Bonchev–Trinajstić information content (AvgIpc) is 2.88. The third-order valence-electron chi connectivity index (χ3n) is 2.59. The molecule has 0 aliphatic heterocycles. The van der Waals surface area contributed by atoms with Crippen molar-refractivity contribution < 1.29 is 8.83 Å². The van der Waals surface area contributed by atoms with Crippen LogP contribution in [0.3, 0.4) is 0 Å². The van der Waals surface area contributed by atoms with E-state index in [4.69, 9.17) is 8.83 Å².